The summed E-state index contributed by atoms with van der Waals surface area (Å²) in [6, 6.07) is 8.88. The Morgan fingerprint density at radius 1 is 1.35 bits per heavy atom. The fourth-order valence-electron chi connectivity index (χ4n) is 2.02. The second kappa shape index (κ2) is 7.16. The zero-order valence-corrected chi connectivity index (χ0v) is 13.4. The first-order chi connectivity index (χ1) is 9.60. The van der Waals surface area contributed by atoms with Crippen molar-refractivity contribution >= 4 is 27.5 Å². The largest absolute Gasteiger partial charge is 0.309 e. The van der Waals surface area contributed by atoms with Crippen LogP contribution < -0.4 is 5.32 Å². The molecule has 2 aromatic rings. The van der Waals surface area contributed by atoms with E-state index in [0.29, 0.717) is 9.50 Å². The molecule has 0 saturated heterocycles. The molecule has 0 bridgehead atoms. The second-order valence-corrected chi connectivity index (χ2v) is 5.75. The van der Waals surface area contributed by atoms with Gasteiger partial charge in [-0.15, -0.1) is 0 Å². The van der Waals surface area contributed by atoms with Crippen LogP contribution >= 0.6 is 27.5 Å². The average Bonchev–Trinajstić information content (AvgIpc) is 2.43. The summed E-state index contributed by atoms with van der Waals surface area (Å²) < 4.78 is 13.7. The quantitative estimate of drug-likeness (QED) is 0.850. The molecular weight excluding hydrogens is 343 g/mol. The number of halogens is 3. The Kier molecular flexibility index (Phi) is 5.52. The third-order valence-electron chi connectivity index (χ3n) is 2.98. The van der Waals surface area contributed by atoms with Crippen molar-refractivity contribution in [3.63, 3.8) is 0 Å². The Morgan fingerprint density at radius 2 is 2.15 bits per heavy atom. The van der Waals surface area contributed by atoms with Crippen LogP contribution in [0.5, 0.6) is 0 Å². The van der Waals surface area contributed by atoms with Gasteiger partial charge in [-0.3, -0.25) is 4.98 Å². The molecule has 0 spiro atoms. The number of likely N-dealkylation sites (N-methyl/N-ethyl adjacent to an activating group) is 1. The summed E-state index contributed by atoms with van der Waals surface area (Å²) in [7, 11) is 0. The number of nitrogens with one attached hydrogen (secondary N) is 1. The Balaban J connectivity index is 2.20. The zero-order valence-electron chi connectivity index (χ0n) is 11.0. The van der Waals surface area contributed by atoms with Crippen LogP contribution in [0, 0.1) is 5.82 Å². The summed E-state index contributed by atoms with van der Waals surface area (Å²) in [5, 5.41) is 4.01. The van der Waals surface area contributed by atoms with E-state index in [-0.39, 0.29) is 11.9 Å². The number of hydrogen-bond donors (Lipinski definition) is 1. The minimum atomic E-state index is -0.252. The van der Waals surface area contributed by atoms with Crippen LogP contribution in [0.4, 0.5) is 4.39 Å². The summed E-state index contributed by atoms with van der Waals surface area (Å²) in [6.45, 7) is 2.88. The lowest BCUT2D eigenvalue weighted by molar-refractivity contribution is 0.535. The molecule has 0 aliphatic carbocycles. The third-order valence-corrected chi connectivity index (χ3v) is 3.81. The Morgan fingerprint density at radius 3 is 2.75 bits per heavy atom. The van der Waals surface area contributed by atoms with Gasteiger partial charge in [-0.2, -0.15) is 0 Å². The minimum Gasteiger partial charge on any atom is -0.309 e. The van der Waals surface area contributed by atoms with Gasteiger partial charge in [0.05, 0.1) is 21.2 Å². The highest BCUT2D eigenvalue weighted by Gasteiger charge is 2.13. The van der Waals surface area contributed by atoms with Crippen LogP contribution in [0.1, 0.15) is 24.2 Å². The molecule has 1 unspecified atom stereocenters. The van der Waals surface area contributed by atoms with Gasteiger partial charge in [-0.05, 0) is 58.7 Å². The van der Waals surface area contributed by atoms with E-state index in [4.69, 9.17) is 11.6 Å². The minimum absolute atomic E-state index is 0.0784. The molecule has 2 rings (SSSR count). The summed E-state index contributed by atoms with van der Waals surface area (Å²) >= 11 is 9.07. The first-order valence-electron chi connectivity index (χ1n) is 6.39. The monoisotopic (exact) mass is 356 g/mol. The number of hydrogen-bond acceptors (Lipinski definition) is 2. The van der Waals surface area contributed by atoms with Crippen molar-refractivity contribution in [3.05, 3.63) is 63.1 Å². The maximum Gasteiger partial charge on any atom is 0.137 e. The van der Waals surface area contributed by atoms with Gasteiger partial charge < -0.3 is 5.32 Å². The van der Waals surface area contributed by atoms with E-state index >= 15 is 0 Å². The van der Waals surface area contributed by atoms with E-state index in [0.717, 1.165) is 24.2 Å². The lowest BCUT2D eigenvalue weighted by atomic mass is 10.0. The summed E-state index contributed by atoms with van der Waals surface area (Å²) in [6.07, 6.45) is 2.38. The van der Waals surface area contributed by atoms with Crippen molar-refractivity contribution in [2.24, 2.45) is 0 Å². The smallest absolute Gasteiger partial charge is 0.137 e. The molecule has 0 amide bonds. The van der Waals surface area contributed by atoms with E-state index in [9.17, 15) is 4.39 Å². The highest BCUT2D eigenvalue weighted by molar-refractivity contribution is 9.10. The zero-order chi connectivity index (χ0) is 14.5. The number of nitrogens with zero attached hydrogens (tertiary/aromatic N) is 1. The predicted molar refractivity (Wildman–Crippen MR) is 83.5 cm³/mol. The van der Waals surface area contributed by atoms with E-state index in [2.05, 4.69) is 26.2 Å². The van der Waals surface area contributed by atoms with E-state index in [1.807, 2.05) is 19.1 Å². The highest BCUT2D eigenvalue weighted by atomic mass is 79.9. The Labute approximate surface area is 131 Å². The topological polar surface area (TPSA) is 24.9 Å². The van der Waals surface area contributed by atoms with Crippen LogP contribution in [0.15, 0.2) is 41.0 Å². The SMILES string of the molecule is CCNC(Cc1ccc(F)c(Br)c1)c1ccc(Cl)cn1. The van der Waals surface area contributed by atoms with Gasteiger partial charge in [0.2, 0.25) is 0 Å². The summed E-state index contributed by atoms with van der Waals surface area (Å²) in [4.78, 5) is 4.35. The van der Waals surface area contributed by atoms with Crippen molar-refractivity contribution < 1.29 is 4.39 Å². The predicted octanol–water partition coefficient (Wildman–Crippen LogP) is 4.53. The molecule has 1 N–H and O–H groups in total. The molecule has 20 heavy (non-hydrogen) atoms. The van der Waals surface area contributed by atoms with Gasteiger partial charge in [0.1, 0.15) is 5.82 Å². The molecule has 0 radical (unpaired) electrons. The van der Waals surface area contributed by atoms with Crippen LogP contribution in [0.25, 0.3) is 0 Å². The van der Waals surface area contributed by atoms with Crippen LogP contribution in [0.2, 0.25) is 5.02 Å². The van der Waals surface area contributed by atoms with Crippen LogP contribution in [-0.2, 0) is 6.42 Å². The average molecular weight is 358 g/mol. The molecule has 1 aromatic carbocycles. The van der Waals surface area contributed by atoms with Gasteiger partial charge in [-0.25, -0.2) is 4.39 Å². The molecule has 1 atom stereocenters. The molecule has 0 aliphatic rings. The lowest BCUT2D eigenvalue weighted by Crippen LogP contribution is -2.23. The van der Waals surface area contributed by atoms with Gasteiger partial charge >= 0.3 is 0 Å². The van der Waals surface area contributed by atoms with Crippen molar-refractivity contribution in [1.29, 1.82) is 0 Å². The molecule has 1 aromatic heterocycles. The van der Waals surface area contributed by atoms with Crippen molar-refractivity contribution in [2.75, 3.05) is 6.54 Å². The third kappa shape index (κ3) is 4.01. The van der Waals surface area contributed by atoms with Gasteiger partial charge in [-0.1, -0.05) is 24.6 Å². The van der Waals surface area contributed by atoms with E-state index in [1.54, 1.807) is 18.3 Å². The first kappa shape index (κ1) is 15.4. The molecule has 5 heteroatoms. The molecule has 106 valence electrons. The maximum absolute atomic E-state index is 13.3. The standard InChI is InChI=1S/C15H15BrClFN2/c1-2-19-15(14-6-4-11(17)9-20-14)8-10-3-5-13(18)12(16)7-10/h3-7,9,15,19H,2,8H2,1H3. The lowest BCUT2D eigenvalue weighted by Gasteiger charge is -2.17. The normalized spacial score (nSPS) is 12.4. The number of benzene rings is 1. The first-order valence-corrected chi connectivity index (χ1v) is 7.56. The molecule has 0 saturated carbocycles. The van der Waals surface area contributed by atoms with E-state index < -0.39 is 0 Å². The molecular formula is C15H15BrClFN2. The molecule has 0 aliphatic heterocycles. The number of pyridine rings is 1. The van der Waals surface area contributed by atoms with Crippen molar-refractivity contribution in [3.8, 4) is 0 Å². The van der Waals surface area contributed by atoms with Gasteiger partial charge in [0, 0.05) is 6.20 Å². The van der Waals surface area contributed by atoms with Gasteiger partial charge in [0.25, 0.3) is 0 Å². The van der Waals surface area contributed by atoms with Gasteiger partial charge in [0.15, 0.2) is 0 Å². The van der Waals surface area contributed by atoms with Crippen molar-refractivity contribution in [1.82, 2.24) is 10.3 Å². The molecule has 1 heterocycles. The fraction of sp³-hybridized carbons (Fsp3) is 0.267. The fourth-order valence-corrected chi connectivity index (χ4v) is 2.56. The highest BCUT2D eigenvalue weighted by Crippen LogP contribution is 2.22. The molecule has 2 nitrogen and oxygen atoms in total. The Bertz CT molecular complexity index is 575. The van der Waals surface area contributed by atoms with Crippen molar-refractivity contribution in [2.45, 2.75) is 19.4 Å². The number of rotatable bonds is 5. The second-order valence-electron chi connectivity index (χ2n) is 4.46. The molecule has 0 fully saturated rings. The Hall–Kier alpha value is -0.970. The van der Waals surface area contributed by atoms with Crippen LogP contribution in [0.3, 0.4) is 0 Å². The summed E-state index contributed by atoms with van der Waals surface area (Å²) in [5.74, 6) is -0.252. The number of aromatic nitrogens is 1. The van der Waals surface area contributed by atoms with E-state index in [1.165, 1.54) is 6.07 Å². The van der Waals surface area contributed by atoms with Crippen LogP contribution in [-0.4, -0.2) is 11.5 Å². The maximum atomic E-state index is 13.3. The summed E-state index contributed by atoms with van der Waals surface area (Å²) in [5.41, 5.74) is 1.97.